The molecule has 5 rings (SSSR count). The average molecular weight is 438 g/mol. The molecule has 1 amide bonds. The predicted octanol–water partition coefficient (Wildman–Crippen LogP) is 3.12. The van der Waals surface area contributed by atoms with Gasteiger partial charge in [-0.3, -0.25) is 9.69 Å². The number of benzene rings is 2. The highest BCUT2D eigenvalue weighted by molar-refractivity contribution is 6.32. The SMILES string of the molecule is Cc1nc(C(=O)N2CCN(Cc3ccc4c(c3)CCO4)CC2)nn1-c1ccccc1Cl. The van der Waals surface area contributed by atoms with Crippen molar-refractivity contribution in [2.24, 2.45) is 0 Å². The van der Waals surface area contributed by atoms with Gasteiger partial charge in [-0.25, -0.2) is 9.67 Å². The van der Waals surface area contributed by atoms with Gasteiger partial charge in [-0.15, -0.1) is 5.10 Å². The van der Waals surface area contributed by atoms with Crippen LogP contribution >= 0.6 is 11.6 Å². The van der Waals surface area contributed by atoms with Crippen molar-refractivity contribution < 1.29 is 9.53 Å². The molecule has 0 aliphatic carbocycles. The molecule has 160 valence electrons. The number of halogens is 1. The first-order valence-electron chi connectivity index (χ1n) is 10.5. The minimum atomic E-state index is -0.136. The molecule has 0 saturated carbocycles. The molecule has 0 atom stereocenters. The fraction of sp³-hybridized carbons (Fsp3) is 0.348. The summed E-state index contributed by atoms with van der Waals surface area (Å²) >= 11 is 6.29. The normalized spacial score (nSPS) is 16.3. The number of ether oxygens (including phenoxy) is 1. The highest BCUT2D eigenvalue weighted by Gasteiger charge is 2.26. The van der Waals surface area contributed by atoms with Gasteiger partial charge in [-0.1, -0.05) is 35.9 Å². The number of para-hydroxylation sites is 1. The van der Waals surface area contributed by atoms with Crippen molar-refractivity contribution in [3.05, 3.63) is 70.3 Å². The molecule has 0 N–H and O–H groups in total. The molecule has 2 aliphatic heterocycles. The summed E-state index contributed by atoms with van der Waals surface area (Å²) in [5, 5.41) is 5.01. The molecule has 0 spiro atoms. The van der Waals surface area contributed by atoms with Gasteiger partial charge in [-0.2, -0.15) is 0 Å². The van der Waals surface area contributed by atoms with E-state index in [9.17, 15) is 4.79 Å². The molecule has 3 aromatic rings. The number of carbonyl (C=O) groups excluding carboxylic acids is 1. The molecule has 1 saturated heterocycles. The molecule has 31 heavy (non-hydrogen) atoms. The first-order chi connectivity index (χ1) is 15.1. The molecule has 2 aromatic carbocycles. The largest absolute Gasteiger partial charge is 0.493 e. The molecular formula is C23H24ClN5O2. The van der Waals surface area contributed by atoms with E-state index in [0.717, 1.165) is 44.1 Å². The molecule has 3 heterocycles. The summed E-state index contributed by atoms with van der Waals surface area (Å²) in [5.74, 6) is 1.72. The summed E-state index contributed by atoms with van der Waals surface area (Å²) in [5.41, 5.74) is 3.31. The van der Waals surface area contributed by atoms with Crippen molar-refractivity contribution in [1.82, 2.24) is 24.6 Å². The van der Waals surface area contributed by atoms with Gasteiger partial charge in [0.2, 0.25) is 5.82 Å². The summed E-state index contributed by atoms with van der Waals surface area (Å²) in [6, 6.07) is 13.9. The summed E-state index contributed by atoms with van der Waals surface area (Å²) in [6.45, 7) is 6.45. The van der Waals surface area contributed by atoms with Crippen LogP contribution in [0.5, 0.6) is 5.75 Å². The fourth-order valence-electron chi connectivity index (χ4n) is 4.18. The topological polar surface area (TPSA) is 63.5 Å². The lowest BCUT2D eigenvalue weighted by atomic mass is 10.1. The number of hydrogen-bond acceptors (Lipinski definition) is 5. The van der Waals surface area contributed by atoms with Crippen LogP contribution in [0.1, 0.15) is 27.6 Å². The molecule has 2 aliphatic rings. The minimum absolute atomic E-state index is 0.136. The molecule has 0 bridgehead atoms. The minimum Gasteiger partial charge on any atom is -0.493 e. The first-order valence-corrected chi connectivity index (χ1v) is 10.9. The van der Waals surface area contributed by atoms with Crippen LogP contribution < -0.4 is 4.74 Å². The molecule has 1 aromatic heterocycles. The van der Waals surface area contributed by atoms with E-state index in [4.69, 9.17) is 16.3 Å². The molecule has 0 radical (unpaired) electrons. The maximum absolute atomic E-state index is 13.0. The number of aromatic nitrogens is 3. The van der Waals surface area contributed by atoms with Crippen LogP contribution in [-0.4, -0.2) is 63.3 Å². The zero-order valence-electron chi connectivity index (χ0n) is 17.4. The van der Waals surface area contributed by atoms with Gasteiger partial charge in [0.25, 0.3) is 5.91 Å². The van der Waals surface area contributed by atoms with Crippen molar-refractivity contribution in [3.8, 4) is 11.4 Å². The Morgan fingerprint density at radius 1 is 1.13 bits per heavy atom. The van der Waals surface area contributed by atoms with E-state index >= 15 is 0 Å². The van der Waals surface area contributed by atoms with E-state index in [-0.39, 0.29) is 11.7 Å². The van der Waals surface area contributed by atoms with Crippen molar-refractivity contribution in [2.75, 3.05) is 32.8 Å². The van der Waals surface area contributed by atoms with Crippen LogP contribution in [0.2, 0.25) is 5.02 Å². The molecule has 7 nitrogen and oxygen atoms in total. The van der Waals surface area contributed by atoms with E-state index in [1.165, 1.54) is 11.1 Å². The van der Waals surface area contributed by atoms with Gasteiger partial charge in [0.15, 0.2) is 0 Å². The quantitative estimate of drug-likeness (QED) is 0.627. The second kappa shape index (κ2) is 8.32. The van der Waals surface area contributed by atoms with Crippen molar-refractivity contribution in [2.45, 2.75) is 19.9 Å². The number of nitrogens with zero attached hydrogens (tertiary/aromatic N) is 5. The second-order valence-electron chi connectivity index (χ2n) is 7.95. The van der Waals surface area contributed by atoms with Crippen LogP contribution in [0.3, 0.4) is 0 Å². The maximum Gasteiger partial charge on any atom is 0.293 e. The van der Waals surface area contributed by atoms with Crippen LogP contribution in [0.25, 0.3) is 5.69 Å². The van der Waals surface area contributed by atoms with E-state index in [0.29, 0.717) is 23.9 Å². The number of fused-ring (bicyclic) bond motifs is 1. The zero-order valence-corrected chi connectivity index (χ0v) is 18.2. The lowest BCUT2D eigenvalue weighted by Gasteiger charge is -2.34. The lowest BCUT2D eigenvalue weighted by molar-refractivity contribution is 0.0616. The van der Waals surface area contributed by atoms with E-state index < -0.39 is 0 Å². The van der Waals surface area contributed by atoms with Crippen molar-refractivity contribution >= 4 is 17.5 Å². The fourth-order valence-corrected chi connectivity index (χ4v) is 4.40. The van der Waals surface area contributed by atoms with Gasteiger partial charge in [0, 0.05) is 39.1 Å². The smallest absolute Gasteiger partial charge is 0.293 e. The average Bonchev–Trinajstić information content (AvgIpc) is 3.40. The Hall–Kier alpha value is -2.90. The van der Waals surface area contributed by atoms with Gasteiger partial charge in [0.05, 0.1) is 17.3 Å². The predicted molar refractivity (Wildman–Crippen MR) is 118 cm³/mol. The Kier molecular flexibility index (Phi) is 5.38. The third kappa shape index (κ3) is 4.03. The number of aryl methyl sites for hydroxylation is 1. The van der Waals surface area contributed by atoms with Crippen molar-refractivity contribution in [3.63, 3.8) is 0 Å². The van der Waals surface area contributed by atoms with E-state index in [2.05, 4.69) is 33.2 Å². The summed E-state index contributed by atoms with van der Waals surface area (Å²) in [4.78, 5) is 21.6. The third-order valence-electron chi connectivity index (χ3n) is 5.86. The monoisotopic (exact) mass is 437 g/mol. The van der Waals surface area contributed by atoms with Crippen molar-refractivity contribution in [1.29, 1.82) is 0 Å². The van der Waals surface area contributed by atoms with Crippen LogP contribution in [0.15, 0.2) is 42.5 Å². The van der Waals surface area contributed by atoms with Crippen LogP contribution in [-0.2, 0) is 13.0 Å². The number of amides is 1. The number of hydrogen-bond donors (Lipinski definition) is 0. The Morgan fingerprint density at radius 3 is 2.74 bits per heavy atom. The highest BCUT2D eigenvalue weighted by atomic mass is 35.5. The summed E-state index contributed by atoms with van der Waals surface area (Å²) in [7, 11) is 0. The van der Waals surface area contributed by atoms with Gasteiger partial charge in [0.1, 0.15) is 11.6 Å². The Morgan fingerprint density at radius 2 is 1.94 bits per heavy atom. The molecule has 1 fully saturated rings. The van der Waals surface area contributed by atoms with E-state index in [1.807, 2.05) is 30.0 Å². The summed E-state index contributed by atoms with van der Waals surface area (Å²) in [6.07, 6.45) is 0.985. The Labute approximate surface area is 186 Å². The lowest BCUT2D eigenvalue weighted by Crippen LogP contribution is -2.48. The number of piperazine rings is 1. The van der Waals surface area contributed by atoms with E-state index in [1.54, 1.807) is 10.7 Å². The number of carbonyl (C=O) groups is 1. The Bertz CT molecular complexity index is 1120. The second-order valence-corrected chi connectivity index (χ2v) is 8.36. The molecule has 0 unspecified atom stereocenters. The zero-order chi connectivity index (χ0) is 21.4. The van der Waals surface area contributed by atoms with Crippen LogP contribution in [0, 0.1) is 6.92 Å². The molecular weight excluding hydrogens is 414 g/mol. The standard InChI is InChI=1S/C23H24ClN5O2/c1-16-25-22(26-29(16)20-5-3-2-4-19(20)24)23(30)28-11-9-27(10-12-28)15-17-6-7-21-18(14-17)8-13-31-21/h2-7,14H,8-13,15H2,1H3. The highest BCUT2D eigenvalue weighted by Crippen LogP contribution is 2.26. The third-order valence-corrected chi connectivity index (χ3v) is 6.18. The summed E-state index contributed by atoms with van der Waals surface area (Å²) < 4.78 is 7.22. The maximum atomic E-state index is 13.0. The van der Waals surface area contributed by atoms with Gasteiger partial charge < -0.3 is 9.64 Å². The van der Waals surface area contributed by atoms with Gasteiger partial charge in [-0.05, 0) is 36.2 Å². The number of rotatable bonds is 4. The first kappa shape index (κ1) is 20.0. The molecule has 8 heteroatoms. The Balaban J connectivity index is 1.22. The van der Waals surface area contributed by atoms with Crippen LogP contribution in [0.4, 0.5) is 0 Å². The van der Waals surface area contributed by atoms with Gasteiger partial charge >= 0.3 is 0 Å².